The minimum absolute atomic E-state index is 0.101. The molecule has 1 amide bonds. The van der Waals surface area contributed by atoms with E-state index >= 15 is 0 Å². The van der Waals surface area contributed by atoms with Crippen molar-refractivity contribution in [1.29, 1.82) is 0 Å². The molecule has 0 aliphatic carbocycles. The van der Waals surface area contributed by atoms with Gasteiger partial charge in [-0.2, -0.15) is 0 Å². The standard InChI is InChI=1S/C19H21N3O4/c23-19(14-26-18-9-5-4-8-17(18)22(24)25)20-12-15-10-11-21(13-15)16-6-2-1-3-7-16/h1-9,15H,10-14H2,(H,20,23). The summed E-state index contributed by atoms with van der Waals surface area (Å²) in [5.74, 6) is 0.204. The molecule has 1 heterocycles. The number of anilines is 1. The fourth-order valence-electron chi connectivity index (χ4n) is 3.06. The number of benzene rings is 2. The molecule has 1 atom stereocenters. The lowest BCUT2D eigenvalue weighted by molar-refractivity contribution is -0.385. The number of hydrogen-bond donors (Lipinski definition) is 1. The number of nitrogens with one attached hydrogen (secondary N) is 1. The number of carbonyl (C=O) groups excluding carboxylic acids is 1. The molecular formula is C19H21N3O4. The maximum absolute atomic E-state index is 12.0. The van der Waals surface area contributed by atoms with Crippen LogP contribution in [-0.4, -0.2) is 37.1 Å². The molecule has 3 rings (SSSR count). The van der Waals surface area contributed by atoms with E-state index in [1.165, 1.54) is 17.8 Å². The normalized spacial score (nSPS) is 16.3. The van der Waals surface area contributed by atoms with E-state index in [1.54, 1.807) is 12.1 Å². The van der Waals surface area contributed by atoms with Crippen LogP contribution in [0.2, 0.25) is 0 Å². The second-order valence-corrected chi connectivity index (χ2v) is 6.25. The van der Waals surface area contributed by atoms with Gasteiger partial charge in [-0.1, -0.05) is 30.3 Å². The van der Waals surface area contributed by atoms with E-state index in [2.05, 4.69) is 22.3 Å². The summed E-state index contributed by atoms with van der Waals surface area (Å²) in [5, 5.41) is 13.8. The SMILES string of the molecule is O=C(COc1ccccc1[N+](=O)[O-])NCC1CCN(c2ccccc2)C1. The molecule has 0 radical (unpaired) electrons. The quantitative estimate of drug-likeness (QED) is 0.610. The van der Waals surface area contributed by atoms with Crippen LogP contribution in [0.3, 0.4) is 0 Å². The van der Waals surface area contributed by atoms with Gasteiger partial charge in [-0.25, -0.2) is 0 Å². The fourth-order valence-corrected chi connectivity index (χ4v) is 3.06. The summed E-state index contributed by atoms with van der Waals surface area (Å²) >= 11 is 0. The second kappa shape index (κ2) is 8.33. The van der Waals surface area contributed by atoms with Crippen molar-refractivity contribution in [2.45, 2.75) is 6.42 Å². The number of nitro groups is 1. The Morgan fingerprint density at radius 3 is 2.69 bits per heavy atom. The van der Waals surface area contributed by atoms with E-state index < -0.39 is 4.92 Å². The average molecular weight is 355 g/mol. The van der Waals surface area contributed by atoms with Crippen molar-refractivity contribution in [3.63, 3.8) is 0 Å². The molecule has 7 heteroatoms. The Labute approximate surface area is 151 Å². The lowest BCUT2D eigenvalue weighted by atomic mass is 10.1. The van der Waals surface area contributed by atoms with Gasteiger partial charge in [-0.3, -0.25) is 14.9 Å². The fraction of sp³-hybridized carbons (Fsp3) is 0.316. The van der Waals surface area contributed by atoms with Crippen molar-refractivity contribution in [3.05, 3.63) is 64.7 Å². The first-order valence-electron chi connectivity index (χ1n) is 8.56. The first-order chi connectivity index (χ1) is 12.6. The van der Waals surface area contributed by atoms with Crippen molar-refractivity contribution in [1.82, 2.24) is 5.32 Å². The molecule has 0 bridgehead atoms. The van der Waals surface area contributed by atoms with E-state index in [-0.39, 0.29) is 24.0 Å². The van der Waals surface area contributed by atoms with E-state index in [0.29, 0.717) is 12.5 Å². The molecule has 1 fully saturated rings. The largest absolute Gasteiger partial charge is 0.477 e. The molecule has 1 saturated heterocycles. The number of hydrogen-bond acceptors (Lipinski definition) is 5. The maximum atomic E-state index is 12.0. The maximum Gasteiger partial charge on any atom is 0.310 e. The minimum Gasteiger partial charge on any atom is -0.477 e. The molecular weight excluding hydrogens is 334 g/mol. The Morgan fingerprint density at radius 1 is 1.19 bits per heavy atom. The third kappa shape index (κ3) is 4.50. The highest BCUT2D eigenvalue weighted by molar-refractivity contribution is 5.77. The molecule has 2 aromatic rings. The van der Waals surface area contributed by atoms with Crippen LogP contribution < -0.4 is 15.0 Å². The summed E-state index contributed by atoms with van der Waals surface area (Å²) in [6.45, 7) is 2.20. The monoisotopic (exact) mass is 355 g/mol. The average Bonchev–Trinajstić information content (AvgIpc) is 3.14. The summed E-state index contributed by atoms with van der Waals surface area (Å²) in [5.41, 5.74) is 1.05. The van der Waals surface area contributed by atoms with Crippen molar-refractivity contribution in [2.75, 3.05) is 31.1 Å². The van der Waals surface area contributed by atoms with E-state index in [1.807, 2.05) is 18.2 Å². The Morgan fingerprint density at radius 2 is 1.92 bits per heavy atom. The number of carbonyl (C=O) groups is 1. The first-order valence-corrected chi connectivity index (χ1v) is 8.56. The highest BCUT2D eigenvalue weighted by Crippen LogP contribution is 2.26. The van der Waals surface area contributed by atoms with Crippen molar-refractivity contribution < 1.29 is 14.5 Å². The molecule has 7 nitrogen and oxygen atoms in total. The summed E-state index contributed by atoms with van der Waals surface area (Å²) in [4.78, 5) is 24.7. The molecule has 1 N–H and O–H groups in total. The number of ether oxygens (including phenoxy) is 1. The lowest BCUT2D eigenvalue weighted by Gasteiger charge is -2.18. The summed E-state index contributed by atoms with van der Waals surface area (Å²) in [7, 11) is 0. The van der Waals surface area contributed by atoms with Crippen LogP contribution in [0.5, 0.6) is 5.75 Å². The minimum atomic E-state index is -0.524. The number of amides is 1. The predicted molar refractivity (Wildman–Crippen MR) is 98.4 cm³/mol. The summed E-state index contributed by atoms with van der Waals surface area (Å²) in [6.07, 6.45) is 1.01. The van der Waals surface area contributed by atoms with E-state index in [9.17, 15) is 14.9 Å². The molecule has 1 aliphatic heterocycles. The van der Waals surface area contributed by atoms with Crippen molar-refractivity contribution >= 4 is 17.3 Å². The van der Waals surface area contributed by atoms with Crippen LogP contribution in [-0.2, 0) is 4.79 Å². The smallest absolute Gasteiger partial charge is 0.310 e. The van der Waals surface area contributed by atoms with Crippen molar-refractivity contribution in [3.8, 4) is 5.75 Å². The molecule has 1 aliphatic rings. The van der Waals surface area contributed by atoms with E-state index in [0.717, 1.165) is 19.5 Å². The molecule has 0 aromatic heterocycles. The van der Waals surface area contributed by atoms with E-state index in [4.69, 9.17) is 4.74 Å². The van der Waals surface area contributed by atoms with Gasteiger partial charge in [0, 0.05) is 31.4 Å². The third-order valence-corrected chi connectivity index (χ3v) is 4.42. The van der Waals surface area contributed by atoms with Crippen LogP contribution in [0.25, 0.3) is 0 Å². The molecule has 26 heavy (non-hydrogen) atoms. The van der Waals surface area contributed by atoms with Crippen LogP contribution in [0, 0.1) is 16.0 Å². The van der Waals surface area contributed by atoms with Crippen LogP contribution in [0.4, 0.5) is 11.4 Å². The molecule has 2 aromatic carbocycles. The van der Waals surface area contributed by atoms with Crippen LogP contribution in [0.1, 0.15) is 6.42 Å². The topological polar surface area (TPSA) is 84.7 Å². The summed E-state index contributed by atoms with van der Waals surface area (Å²) < 4.78 is 5.30. The van der Waals surface area contributed by atoms with Gasteiger partial charge < -0.3 is 15.0 Å². The van der Waals surface area contributed by atoms with Gasteiger partial charge >= 0.3 is 5.69 Å². The van der Waals surface area contributed by atoms with Crippen LogP contribution >= 0.6 is 0 Å². The Bertz CT molecular complexity index is 766. The molecule has 136 valence electrons. The highest BCUT2D eigenvalue weighted by atomic mass is 16.6. The number of nitrogens with zero attached hydrogens (tertiary/aromatic N) is 2. The Balaban J connectivity index is 1.43. The van der Waals surface area contributed by atoms with Gasteiger partial charge in [0.1, 0.15) is 0 Å². The van der Waals surface area contributed by atoms with Gasteiger partial charge in [0.05, 0.1) is 4.92 Å². The van der Waals surface area contributed by atoms with Gasteiger partial charge in [-0.15, -0.1) is 0 Å². The zero-order chi connectivity index (χ0) is 18.4. The lowest BCUT2D eigenvalue weighted by Crippen LogP contribution is -2.34. The molecule has 0 spiro atoms. The first kappa shape index (κ1) is 17.7. The zero-order valence-electron chi connectivity index (χ0n) is 14.3. The molecule has 0 saturated carbocycles. The van der Waals surface area contributed by atoms with Gasteiger partial charge in [-0.05, 0) is 30.5 Å². The predicted octanol–water partition coefficient (Wildman–Crippen LogP) is 2.62. The highest BCUT2D eigenvalue weighted by Gasteiger charge is 2.23. The van der Waals surface area contributed by atoms with Gasteiger partial charge in [0.15, 0.2) is 12.4 Å². The number of rotatable bonds is 7. The zero-order valence-corrected chi connectivity index (χ0v) is 14.3. The summed E-state index contributed by atoms with van der Waals surface area (Å²) in [6, 6.07) is 16.2. The number of para-hydroxylation sites is 3. The second-order valence-electron chi connectivity index (χ2n) is 6.25. The van der Waals surface area contributed by atoms with Crippen molar-refractivity contribution in [2.24, 2.45) is 5.92 Å². The Hall–Kier alpha value is -3.09. The third-order valence-electron chi connectivity index (χ3n) is 4.42. The number of nitro benzene ring substituents is 1. The van der Waals surface area contributed by atoms with Crippen LogP contribution in [0.15, 0.2) is 54.6 Å². The van der Waals surface area contributed by atoms with Gasteiger partial charge in [0.25, 0.3) is 5.91 Å². The molecule has 1 unspecified atom stereocenters. The Kier molecular flexibility index (Phi) is 5.68. The van der Waals surface area contributed by atoms with Gasteiger partial charge in [0.2, 0.25) is 0 Å².